The zero-order valence-electron chi connectivity index (χ0n) is 25.2. The van der Waals surface area contributed by atoms with Gasteiger partial charge in [-0.2, -0.15) is 18.3 Å². The van der Waals surface area contributed by atoms with E-state index in [1.54, 1.807) is 4.90 Å². The van der Waals surface area contributed by atoms with Crippen LogP contribution < -0.4 is 10.6 Å². The number of piperazine rings is 1. The summed E-state index contributed by atoms with van der Waals surface area (Å²) in [5.74, 6) is -1.10. The van der Waals surface area contributed by atoms with Gasteiger partial charge in [0.05, 0.1) is 28.0 Å². The highest BCUT2D eigenvalue weighted by Gasteiger charge is 2.39. The van der Waals surface area contributed by atoms with Crippen LogP contribution in [0.1, 0.15) is 39.5 Å². The number of piperidine rings is 1. The molecule has 6 rings (SSSR count). The SMILES string of the molecule is Cn1c(-c2cn(-c3ncccn3)nc2C(F)(F)F)cnc1C(=O)Nc1ccc(C(=O)N2CCN(C(=O)C3CCNCC3)CC2)c(Cl)c1. The molecule has 2 aliphatic heterocycles. The zero-order chi connectivity index (χ0) is 33.3. The summed E-state index contributed by atoms with van der Waals surface area (Å²) in [4.78, 5) is 54.7. The predicted molar refractivity (Wildman–Crippen MR) is 164 cm³/mol. The minimum atomic E-state index is -4.81. The van der Waals surface area contributed by atoms with Crippen molar-refractivity contribution in [2.75, 3.05) is 44.6 Å². The van der Waals surface area contributed by atoms with E-state index in [4.69, 9.17) is 11.6 Å². The molecule has 4 aromatic rings. The summed E-state index contributed by atoms with van der Waals surface area (Å²) in [6.07, 6.45) is 1.83. The van der Waals surface area contributed by atoms with Crippen molar-refractivity contribution in [2.24, 2.45) is 13.0 Å². The highest BCUT2D eigenvalue weighted by molar-refractivity contribution is 6.34. The van der Waals surface area contributed by atoms with Gasteiger partial charge in [-0.05, 0) is 50.2 Å². The van der Waals surface area contributed by atoms with Crippen molar-refractivity contribution in [3.63, 3.8) is 0 Å². The van der Waals surface area contributed by atoms with Crippen molar-refractivity contribution < 1.29 is 27.6 Å². The smallest absolute Gasteiger partial charge is 0.339 e. The molecule has 47 heavy (non-hydrogen) atoms. The molecular weight excluding hydrogens is 641 g/mol. The van der Waals surface area contributed by atoms with Gasteiger partial charge >= 0.3 is 6.18 Å². The van der Waals surface area contributed by atoms with Crippen LogP contribution >= 0.6 is 11.6 Å². The van der Waals surface area contributed by atoms with E-state index < -0.39 is 17.8 Å². The van der Waals surface area contributed by atoms with Gasteiger partial charge in [0.2, 0.25) is 11.9 Å². The van der Waals surface area contributed by atoms with Crippen LogP contribution in [0, 0.1) is 5.92 Å². The largest absolute Gasteiger partial charge is 0.435 e. The van der Waals surface area contributed by atoms with E-state index >= 15 is 0 Å². The van der Waals surface area contributed by atoms with Crippen molar-refractivity contribution in [1.29, 1.82) is 0 Å². The highest BCUT2D eigenvalue weighted by atomic mass is 35.5. The Morgan fingerprint density at radius 2 is 1.68 bits per heavy atom. The summed E-state index contributed by atoms with van der Waals surface area (Å²) >= 11 is 6.47. The van der Waals surface area contributed by atoms with E-state index in [0.717, 1.165) is 43.0 Å². The van der Waals surface area contributed by atoms with Gasteiger partial charge in [0.15, 0.2) is 11.5 Å². The Labute approximate surface area is 271 Å². The lowest BCUT2D eigenvalue weighted by Gasteiger charge is -2.37. The molecule has 2 aliphatic rings. The van der Waals surface area contributed by atoms with Crippen molar-refractivity contribution in [2.45, 2.75) is 19.0 Å². The summed E-state index contributed by atoms with van der Waals surface area (Å²) in [5.41, 5.74) is -1.03. The van der Waals surface area contributed by atoms with E-state index in [1.807, 2.05) is 4.90 Å². The Hall–Kier alpha value is -4.83. The molecule has 3 aromatic heterocycles. The second-order valence-electron chi connectivity index (χ2n) is 11.2. The van der Waals surface area contributed by atoms with Crippen LogP contribution in [0.5, 0.6) is 0 Å². The minimum absolute atomic E-state index is 0.0128. The third kappa shape index (κ3) is 6.69. The Bertz CT molecular complexity index is 1800. The molecule has 246 valence electrons. The van der Waals surface area contributed by atoms with Gasteiger partial charge < -0.3 is 25.0 Å². The molecule has 0 saturated carbocycles. The Morgan fingerprint density at radius 3 is 2.34 bits per heavy atom. The zero-order valence-corrected chi connectivity index (χ0v) is 25.9. The molecule has 3 amide bonds. The maximum atomic E-state index is 13.9. The topological polar surface area (TPSA) is 143 Å². The number of aromatic nitrogens is 6. The predicted octanol–water partition coefficient (Wildman–Crippen LogP) is 3.27. The minimum Gasteiger partial charge on any atom is -0.339 e. The number of imidazole rings is 1. The lowest BCUT2D eigenvalue weighted by atomic mass is 9.96. The Morgan fingerprint density at radius 1 is 1.00 bits per heavy atom. The number of nitrogens with zero attached hydrogens (tertiary/aromatic N) is 8. The number of hydrogen-bond acceptors (Lipinski definition) is 8. The van der Waals surface area contributed by atoms with E-state index in [1.165, 1.54) is 48.3 Å². The van der Waals surface area contributed by atoms with Crippen LogP contribution in [0.4, 0.5) is 18.9 Å². The van der Waals surface area contributed by atoms with Crippen LogP contribution in [0.15, 0.2) is 49.1 Å². The summed E-state index contributed by atoms with van der Waals surface area (Å²) in [7, 11) is 1.40. The number of anilines is 1. The molecule has 17 heteroatoms. The van der Waals surface area contributed by atoms with Crippen molar-refractivity contribution >= 4 is 35.0 Å². The maximum absolute atomic E-state index is 13.9. The molecule has 13 nitrogen and oxygen atoms in total. The first-order valence-corrected chi connectivity index (χ1v) is 15.2. The summed E-state index contributed by atoms with van der Waals surface area (Å²) in [6, 6.07) is 5.93. The fraction of sp³-hybridized carbons (Fsp3) is 0.367. The standard InChI is InChI=1S/C30H30ClF3N10O3/c1-41-23(21-17-44(29-36-7-2-8-37-29)40-24(21)30(32,33)34)16-38-25(41)26(45)39-19-3-4-20(22(31)15-19)28(47)43-13-11-42(12-14-43)27(46)18-5-9-35-10-6-18/h2-4,7-8,15-18,35H,5-6,9-14H2,1H3,(H,39,45). The molecular formula is C30H30ClF3N10O3. The molecule has 1 aromatic carbocycles. The number of hydrogen-bond donors (Lipinski definition) is 2. The summed E-state index contributed by atoms with van der Waals surface area (Å²) in [6.45, 7) is 3.28. The van der Waals surface area contributed by atoms with Crippen LogP contribution in [0.2, 0.25) is 5.02 Å². The molecule has 5 heterocycles. The lowest BCUT2D eigenvalue weighted by Crippen LogP contribution is -2.52. The van der Waals surface area contributed by atoms with Crippen molar-refractivity contribution in [1.82, 2.24) is 44.4 Å². The third-order valence-electron chi connectivity index (χ3n) is 8.23. The third-order valence-corrected chi connectivity index (χ3v) is 8.54. The van der Waals surface area contributed by atoms with E-state index in [2.05, 4.69) is 30.7 Å². The Balaban J connectivity index is 1.13. The number of carbonyl (C=O) groups is 3. The molecule has 0 bridgehead atoms. The lowest BCUT2D eigenvalue weighted by molar-refractivity contribution is -0.141. The number of carbonyl (C=O) groups excluding carboxylic acids is 3. The maximum Gasteiger partial charge on any atom is 0.435 e. The van der Waals surface area contributed by atoms with Crippen LogP contribution in [-0.2, 0) is 18.0 Å². The number of alkyl halides is 3. The van der Waals surface area contributed by atoms with Crippen molar-refractivity contribution in [3.8, 4) is 17.2 Å². The fourth-order valence-corrected chi connectivity index (χ4v) is 6.00. The first-order chi connectivity index (χ1) is 22.5. The molecule has 2 saturated heterocycles. The normalized spacial score (nSPS) is 15.9. The van der Waals surface area contributed by atoms with Crippen LogP contribution in [-0.4, -0.2) is 96.1 Å². The molecule has 0 spiro atoms. The summed E-state index contributed by atoms with van der Waals surface area (Å²) in [5, 5.41) is 9.64. The fourth-order valence-electron chi connectivity index (χ4n) is 5.73. The first kappa shape index (κ1) is 32.1. The molecule has 2 N–H and O–H groups in total. The van der Waals surface area contributed by atoms with Gasteiger partial charge in [-0.15, -0.1) is 0 Å². The second-order valence-corrected chi connectivity index (χ2v) is 11.6. The molecule has 0 aliphatic carbocycles. The van der Waals surface area contributed by atoms with Gasteiger partial charge in [0, 0.05) is 63.4 Å². The van der Waals surface area contributed by atoms with Gasteiger partial charge in [-0.3, -0.25) is 14.4 Å². The highest BCUT2D eigenvalue weighted by Crippen LogP contribution is 2.36. The van der Waals surface area contributed by atoms with Gasteiger partial charge in [0.1, 0.15) is 0 Å². The van der Waals surface area contributed by atoms with Gasteiger partial charge in [-0.1, -0.05) is 11.6 Å². The number of benzene rings is 1. The average molecular weight is 671 g/mol. The quantitative estimate of drug-likeness (QED) is 0.318. The molecule has 0 unspecified atom stereocenters. The van der Waals surface area contributed by atoms with E-state index in [-0.39, 0.29) is 57.0 Å². The Kier molecular flexibility index (Phi) is 8.96. The molecule has 2 fully saturated rings. The number of halogens is 4. The van der Waals surface area contributed by atoms with E-state index in [9.17, 15) is 27.6 Å². The van der Waals surface area contributed by atoms with Crippen LogP contribution in [0.25, 0.3) is 17.2 Å². The average Bonchev–Trinajstić information content (AvgIpc) is 3.69. The van der Waals surface area contributed by atoms with Gasteiger partial charge in [0.25, 0.3) is 11.8 Å². The molecule has 0 atom stereocenters. The molecule has 0 radical (unpaired) electrons. The van der Waals surface area contributed by atoms with Crippen molar-refractivity contribution in [3.05, 3.63) is 71.2 Å². The van der Waals surface area contributed by atoms with E-state index in [0.29, 0.717) is 26.2 Å². The monoisotopic (exact) mass is 670 g/mol. The number of amides is 3. The summed E-state index contributed by atoms with van der Waals surface area (Å²) < 4.78 is 43.9. The number of rotatable bonds is 6. The van der Waals surface area contributed by atoms with Gasteiger partial charge in [-0.25, -0.2) is 19.6 Å². The number of nitrogens with one attached hydrogen (secondary N) is 2. The first-order valence-electron chi connectivity index (χ1n) is 14.9. The van der Waals surface area contributed by atoms with Crippen LogP contribution in [0.3, 0.4) is 0 Å². The second kappa shape index (κ2) is 13.1.